The van der Waals surface area contributed by atoms with Gasteiger partial charge in [-0.05, 0) is 37.7 Å². The fourth-order valence-electron chi connectivity index (χ4n) is 2.77. The van der Waals surface area contributed by atoms with Crippen LogP contribution in [0.3, 0.4) is 0 Å². The van der Waals surface area contributed by atoms with E-state index in [2.05, 4.69) is 10.6 Å². The summed E-state index contributed by atoms with van der Waals surface area (Å²) < 4.78 is 10.8. The fraction of sp³-hybridized carbons (Fsp3) is 0.688. The molecule has 3 N–H and O–H groups in total. The zero-order valence-corrected chi connectivity index (χ0v) is 12.7. The molecular weight excluding hydrogens is 284 g/mol. The van der Waals surface area contributed by atoms with Crippen LogP contribution < -0.4 is 10.6 Å². The third-order valence-electron chi connectivity index (χ3n) is 4.22. The summed E-state index contributed by atoms with van der Waals surface area (Å²) in [6.45, 7) is 1.18. The number of urea groups is 1. The summed E-state index contributed by atoms with van der Waals surface area (Å²) >= 11 is 0. The molecule has 2 amide bonds. The van der Waals surface area contributed by atoms with Crippen molar-refractivity contribution < 1.29 is 19.1 Å². The minimum Gasteiger partial charge on any atom is -0.469 e. The molecule has 3 rings (SSSR count). The molecule has 2 aliphatic rings. The average molecular weight is 308 g/mol. The minimum atomic E-state index is -0.666. The van der Waals surface area contributed by atoms with Crippen LogP contribution in [-0.4, -0.2) is 37.0 Å². The number of ether oxygens (including phenoxy) is 1. The molecule has 2 aliphatic carbocycles. The molecule has 0 bridgehead atoms. The Labute approximate surface area is 130 Å². The Morgan fingerprint density at radius 1 is 1.45 bits per heavy atom. The fourth-order valence-corrected chi connectivity index (χ4v) is 2.77. The number of hydrogen-bond donors (Lipinski definition) is 3. The molecule has 1 heterocycles. The molecule has 2 unspecified atom stereocenters. The SMILES string of the molecule is O=C(NCC(O)COCC1CC1)NC1CCCc2occc21. The molecule has 1 fully saturated rings. The van der Waals surface area contributed by atoms with Gasteiger partial charge in [0.25, 0.3) is 0 Å². The highest BCUT2D eigenvalue weighted by molar-refractivity contribution is 5.74. The van der Waals surface area contributed by atoms with Crippen LogP contribution >= 0.6 is 0 Å². The van der Waals surface area contributed by atoms with Crippen LogP contribution in [0.5, 0.6) is 0 Å². The Morgan fingerprint density at radius 3 is 3.14 bits per heavy atom. The van der Waals surface area contributed by atoms with Gasteiger partial charge in [-0.15, -0.1) is 0 Å². The van der Waals surface area contributed by atoms with Gasteiger partial charge in [-0.25, -0.2) is 4.79 Å². The highest BCUT2D eigenvalue weighted by atomic mass is 16.5. The van der Waals surface area contributed by atoms with Crippen LogP contribution in [0.4, 0.5) is 4.79 Å². The summed E-state index contributed by atoms with van der Waals surface area (Å²) in [5.41, 5.74) is 1.06. The summed E-state index contributed by atoms with van der Waals surface area (Å²) in [5, 5.41) is 15.4. The van der Waals surface area contributed by atoms with E-state index >= 15 is 0 Å². The van der Waals surface area contributed by atoms with Crippen molar-refractivity contribution in [2.45, 2.75) is 44.2 Å². The molecule has 6 heteroatoms. The number of fused-ring (bicyclic) bond motifs is 1. The number of aryl methyl sites for hydroxylation is 1. The first kappa shape index (κ1) is 15.4. The second-order valence-electron chi connectivity index (χ2n) is 6.23. The summed E-state index contributed by atoms with van der Waals surface area (Å²) in [7, 11) is 0. The number of carbonyl (C=O) groups excluding carboxylic acids is 1. The first-order valence-corrected chi connectivity index (χ1v) is 8.09. The van der Waals surface area contributed by atoms with Crippen molar-refractivity contribution in [2.24, 2.45) is 5.92 Å². The topological polar surface area (TPSA) is 83.7 Å². The largest absolute Gasteiger partial charge is 0.469 e. The van der Waals surface area contributed by atoms with Crippen LogP contribution in [0.15, 0.2) is 16.7 Å². The van der Waals surface area contributed by atoms with Crippen LogP contribution in [-0.2, 0) is 11.2 Å². The van der Waals surface area contributed by atoms with Gasteiger partial charge in [-0.3, -0.25) is 0 Å². The van der Waals surface area contributed by atoms with Crippen molar-refractivity contribution in [1.82, 2.24) is 10.6 Å². The highest BCUT2D eigenvalue weighted by Gasteiger charge is 2.24. The third-order valence-corrected chi connectivity index (χ3v) is 4.22. The molecule has 0 aromatic carbocycles. The number of aliphatic hydroxyl groups excluding tert-OH is 1. The van der Waals surface area contributed by atoms with Crippen LogP contribution in [0.2, 0.25) is 0 Å². The maximum absolute atomic E-state index is 11.9. The van der Waals surface area contributed by atoms with Gasteiger partial charge in [-0.2, -0.15) is 0 Å². The zero-order chi connectivity index (χ0) is 15.4. The second kappa shape index (κ2) is 7.15. The van der Waals surface area contributed by atoms with E-state index in [1.165, 1.54) is 12.8 Å². The molecule has 0 radical (unpaired) electrons. The van der Waals surface area contributed by atoms with Gasteiger partial charge in [0.1, 0.15) is 5.76 Å². The molecule has 6 nitrogen and oxygen atoms in total. The van der Waals surface area contributed by atoms with Crippen molar-refractivity contribution in [3.63, 3.8) is 0 Å². The third kappa shape index (κ3) is 4.24. The zero-order valence-electron chi connectivity index (χ0n) is 12.7. The van der Waals surface area contributed by atoms with E-state index in [4.69, 9.17) is 9.15 Å². The van der Waals surface area contributed by atoms with Gasteiger partial charge in [0.2, 0.25) is 0 Å². The van der Waals surface area contributed by atoms with E-state index in [0.29, 0.717) is 12.5 Å². The lowest BCUT2D eigenvalue weighted by Gasteiger charge is -2.23. The van der Waals surface area contributed by atoms with Gasteiger partial charge in [0, 0.05) is 25.1 Å². The van der Waals surface area contributed by atoms with Gasteiger partial charge in [-0.1, -0.05) is 0 Å². The summed E-state index contributed by atoms with van der Waals surface area (Å²) in [6.07, 6.45) is 6.31. The Hall–Kier alpha value is -1.53. The number of furan rings is 1. The van der Waals surface area contributed by atoms with Crippen LogP contribution in [0.25, 0.3) is 0 Å². The lowest BCUT2D eigenvalue weighted by Crippen LogP contribution is -2.42. The predicted molar refractivity (Wildman–Crippen MR) is 80.5 cm³/mol. The van der Waals surface area contributed by atoms with E-state index in [1.54, 1.807) is 6.26 Å². The Kier molecular flexibility index (Phi) is 5.00. The molecular formula is C16H24N2O4. The quantitative estimate of drug-likeness (QED) is 0.716. The minimum absolute atomic E-state index is 0.00856. The monoisotopic (exact) mass is 308 g/mol. The van der Waals surface area contributed by atoms with Crippen molar-refractivity contribution >= 4 is 6.03 Å². The average Bonchev–Trinajstić information content (AvgIpc) is 3.19. The number of carbonyl (C=O) groups is 1. The number of hydrogen-bond acceptors (Lipinski definition) is 4. The number of rotatable bonds is 7. The van der Waals surface area contributed by atoms with Crippen molar-refractivity contribution in [1.29, 1.82) is 0 Å². The van der Waals surface area contributed by atoms with E-state index in [-0.39, 0.29) is 25.2 Å². The highest BCUT2D eigenvalue weighted by Crippen LogP contribution is 2.30. The summed E-state index contributed by atoms with van der Waals surface area (Å²) in [4.78, 5) is 11.9. The molecule has 0 aliphatic heterocycles. The Morgan fingerprint density at radius 2 is 2.32 bits per heavy atom. The molecule has 0 spiro atoms. The maximum atomic E-state index is 11.9. The summed E-state index contributed by atoms with van der Waals surface area (Å²) in [5.74, 6) is 1.64. The first-order valence-electron chi connectivity index (χ1n) is 8.09. The molecule has 22 heavy (non-hydrogen) atoms. The van der Waals surface area contributed by atoms with Gasteiger partial charge < -0.3 is 24.9 Å². The Bertz CT molecular complexity index is 498. The van der Waals surface area contributed by atoms with Crippen LogP contribution in [0.1, 0.15) is 43.0 Å². The lowest BCUT2D eigenvalue weighted by molar-refractivity contribution is 0.0337. The molecule has 2 atom stereocenters. The van der Waals surface area contributed by atoms with Crippen molar-refractivity contribution in [3.05, 3.63) is 23.7 Å². The maximum Gasteiger partial charge on any atom is 0.315 e. The molecule has 1 aromatic rings. The van der Waals surface area contributed by atoms with E-state index in [9.17, 15) is 9.90 Å². The van der Waals surface area contributed by atoms with E-state index < -0.39 is 6.10 Å². The molecule has 0 saturated heterocycles. The Balaban J connectivity index is 1.35. The smallest absolute Gasteiger partial charge is 0.315 e. The molecule has 1 saturated carbocycles. The van der Waals surface area contributed by atoms with Gasteiger partial charge in [0.15, 0.2) is 0 Å². The van der Waals surface area contributed by atoms with E-state index in [1.807, 2.05) is 6.07 Å². The first-order chi connectivity index (χ1) is 10.7. The van der Waals surface area contributed by atoms with Gasteiger partial charge in [0.05, 0.1) is 25.0 Å². The number of aliphatic hydroxyl groups is 1. The number of nitrogens with one attached hydrogen (secondary N) is 2. The standard InChI is InChI=1S/C16H24N2O4/c19-12(10-21-9-11-4-5-11)8-17-16(20)18-14-2-1-3-15-13(14)6-7-22-15/h6-7,11-12,14,19H,1-5,8-10H2,(H2,17,18,20). The normalized spacial score (nSPS) is 22.0. The molecule has 122 valence electrons. The molecule has 1 aromatic heterocycles. The van der Waals surface area contributed by atoms with E-state index in [0.717, 1.165) is 30.6 Å². The van der Waals surface area contributed by atoms with Crippen molar-refractivity contribution in [2.75, 3.05) is 19.8 Å². The number of amides is 2. The van der Waals surface area contributed by atoms with Crippen LogP contribution in [0, 0.1) is 5.92 Å². The van der Waals surface area contributed by atoms with Crippen molar-refractivity contribution in [3.8, 4) is 0 Å². The van der Waals surface area contributed by atoms with Gasteiger partial charge >= 0.3 is 6.03 Å². The predicted octanol–water partition coefficient (Wildman–Crippen LogP) is 1.74. The second-order valence-corrected chi connectivity index (χ2v) is 6.23. The lowest BCUT2D eigenvalue weighted by atomic mass is 9.93. The summed E-state index contributed by atoms with van der Waals surface area (Å²) in [6, 6.07) is 1.64.